The maximum Gasteiger partial charge on any atom is 0.409 e. The van der Waals surface area contributed by atoms with Gasteiger partial charge in [-0.3, -0.25) is 14.3 Å². The summed E-state index contributed by atoms with van der Waals surface area (Å²) in [5.74, 6) is -2.18. The molecule has 1 unspecified atom stereocenters. The van der Waals surface area contributed by atoms with E-state index in [1.807, 2.05) is 0 Å². The van der Waals surface area contributed by atoms with Crippen LogP contribution in [0.2, 0.25) is 0 Å². The van der Waals surface area contributed by atoms with Crippen LogP contribution in [0.25, 0.3) is 0 Å². The second-order valence-electron chi connectivity index (χ2n) is 7.58. The second kappa shape index (κ2) is 8.26. The Balaban J connectivity index is 1.87. The van der Waals surface area contributed by atoms with Crippen LogP contribution >= 0.6 is 0 Å². The summed E-state index contributed by atoms with van der Waals surface area (Å²) in [6.45, 7) is 2.14. The fourth-order valence-electron chi connectivity index (χ4n) is 3.91. The van der Waals surface area contributed by atoms with E-state index in [0.29, 0.717) is 0 Å². The fraction of sp³-hybridized carbons (Fsp3) is 0.526. The molecule has 2 atom stereocenters. The SMILES string of the molecule is C[C@@H]1COCCN1c1nc2n(c(=O)c1F)C(C(F)(F)F)CCN2c1ccc(C(F)F)nc1. The number of pyridine rings is 1. The lowest BCUT2D eigenvalue weighted by Gasteiger charge is -2.39. The summed E-state index contributed by atoms with van der Waals surface area (Å²) < 4.78 is 87.3. The maximum atomic E-state index is 15.0. The Morgan fingerprint density at radius 1 is 1.22 bits per heavy atom. The number of fused-ring (bicyclic) bond motifs is 1. The Labute approximate surface area is 178 Å². The number of anilines is 3. The van der Waals surface area contributed by atoms with Crippen molar-refractivity contribution in [1.82, 2.24) is 14.5 Å². The van der Waals surface area contributed by atoms with Crippen molar-refractivity contribution in [3.63, 3.8) is 0 Å². The average Bonchev–Trinajstić information content (AvgIpc) is 2.75. The molecule has 0 bridgehead atoms. The minimum absolute atomic E-state index is 0.156. The molecule has 32 heavy (non-hydrogen) atoms. The van der Waals surface area contributed by atoms with Crippen molar-refractivity contribution in [2.45, 2.75) is 38.0 Å². The molecule has 1 fully saturated rings. The molecule has 4 rings (SSSR count). The van der Waals surface area contributed by atoms with Crippen LogP contribution in [0.3, 0.4) is 0 Å². The summed E-state index contributed by atoms with van der Waals surface area (Å²) in [6.07, 6.45) is -7.13. The molecule has 0 aliphatic carbocycles. The standard InChI is InChI=1S/C19H19F6N5O2/c1-10-9-32-7-6-28(10)16-14(20)17(31)30-13(19(23,24)25)4-5-29(18(30)27-16)11-2-3-12(15(21)22)26-8-11/h2-3,8,10,13,15H,4-7,9H2,1H3/t10-,13?/m1/s1. The van der Waals surface area contributed by atoms with Gasteiger partial charge in [0.1, 0.15) is 11.7 Å². The van der Waals surface area contributed by atoms with Gasteiger partial charge in [-0.15, -0.1) is 0 Å². The molecule has 0 saturated carbocycles. The van der Waals surface area contributed by atoms with Gasteiger partial charge in [-0.25, -0.2) is 8.78 Å². The van der Waals surface area contributed by atoms with Gasteiger partial charge in [0.05, 0.1) is 31.1 Å². The normalized spacial score (nSPS) is 21.8. The van der Waals surface area contributed by atoms with Gasteiger partial charge >= 0.3 is 6.18 Å². The third kappa shape index (κ3) is 3.89. The molecule has 1 saturated heterocycles. The minimum atomic E-state index is -4.82. The van der Waals surface area contributed by atoms with E-state index in [1.165, 1.54) is 15.9 Å². The molecule has 2 aliphatic heterocycles. The number of hydrogen-bond acceptors (Lipinski definition) is 6. The summed E-state index contributed by atoms with van der Waals surface area (Å²) >= 11 is 0. The largest absolute Gasteiger partial charge is 0.409 e. The Hall–Kier alpha value is -2.83. The van der Waals surface area contributed by atoms with Crippen molar-refractivity contribution in [3.8, 4) is 0 Å². The zero-order chi connectivity index (χ0) is 23.2. The zero-order valence-corrected chi connectivity index (χ0v) is 16.8. The van der Waals surface area contributed by atoms with E-state index in [2.05, 4.69) is 9.97 Å². The van der Waals surface area contributed by atoms with Gasteiger partial charge in [-0.1, -0.05) is 0 Å². The third-order valence-corrected chi connectivity index (χ3v) is 5.53. The molecule has 4 heterocycles. The van der Waals surface area contributed by atoms with Gasteiger partial charge in [0.25, 0.3) is 12.0 Å². The zero-order valence-electron chi connectivity index (χ0n) is 16.8. The van der Waals surface area contributed by atoms with Gasteiger partial charge in [-0.2, -0.15) is 22.5 Å². The van der Waals surface area contributed by atoms with Crippen LogP contribution < -0.4 is 15.4 Å². The molecule has 0 aromatic carbocycles. The monoisotopic (exact) mass is 463 g/mol. The third-order valence-electron chi connectivity index (χ3n) is 5.53. The lowest BCUT2D eigenvalue weighted by molar-refractivity contribution is -0.170. The molecule has 13 heteroatoms. The van der Waals surface area contributed by atoms with E-state index in [-0.39, 0.29) is 48.4 Å². The van der Waals surface area contributed by atoms with Crippen LogP contribution in [0.1, 0.15) is 31.5 Å². The van der Waals surface area contributed by atoms with Crippen LogP contribution in [-0.2, 0) is 4.74 Å². The Kier molecular flexibility index (Phi) is 5.77. The molecule has 0 amide bonds. The van der Waals surface area contributed by atoms with Gasteiger partial charge in [0, 0.05) is 13.1 Å². The molecule has 174 valence electrons. The predicted molar refractivity (Wildman–Crippen MR) is 102 cm³/mol. The van der Waals surface area contributed by atoms with Crippen molar-refractivity contribution >= 4 is 17.5 Å². The summed E-state index contributed by atoms with van der Waals surface area (Å²) in [5, 5.41) is 0. The first-order chi connectivity index (χ1) is 15.1. The van der Waals surface area contributed by atoms with Crippen LogP contribution in [0.4, 0.5) is 43.8 Å². The molecule has 7 nitrogen and oxygen atoms in total. The Morgan fingerprint density at radius 3 is 2.56 bits per heavy atom. The maximum absolute atomic E-state index is 15.0. The minimum Gasteiger partial charge on any atom is -0.377 e. The lowest BCUT2D eigenvalue weighted by Crippen LogP contribution is -2.49. The molecule has 2 aromatic heterocycles. The topological polar surface area (TPSA) is 63.5 Å². The number of alkyl halides is 5. The van der Waals surface area contributed by atoms with Crippen molar-refractivity contribution in [2.75, 3.05) is 36.1 Å². The van der Waals surface area contributed by atoms with Crippen molar-refractivity contribution < 1.29 is 31.1 Å². The van der Waals surface area contributed by atoms with Crippen molar-refractivity contribution in [2.24, 2.45) is 0 Å². The van der Waals surface area contributed by atoms with E-state index in [1.54, 1.807) is 6.92 Å². The number of rotatable bonds is 3. The number of hydrogen-bond donors (Lipinski definition) is 0. The number of morpholine rings is 1. The Morgan fingerprint density at radius 2 is 1.97 bits per heavy atom. The number of halogens is 6. The molecular formula is C19H19F6N5O2. The first kappa shape index (κ1) is 22.4. The lowest BCUT2D eigenvalue weighted by atomic mass is 10.1. The van der Waals surface area contributed by atoms with E-state index in [4.69, 9.17) is 4.74 Å². The van der Waals surface area contributed by atoms with E-state index < -0.39 is 48.1 Å². The summed E-state index contributed by atoms with van der Waals surface area (Å²) in [6, 6.07) is -0.352. The summed E-state index contributed by atoms with van der Waals surface area (Å²) in [5.41, 5.74) is -1.80. The molecule has 2 aromatic rings. The first-order valence-electron chi connectivity index (χ1n) is 9.84. The quantitative estimate of drug-likeness (QED) is 0.649. The highest BCUT2D eigenvalue weighted by Gasteiger charge is 2.47. The molecule has 0 radical (unpaired) electrons. The van der Waals surface area contributed by atoms with E-state index in [0.717, 1.165) is 12.3 Å². The molecule has 2 aliphatic rings. The van der Waals surface area contributed by atoms with Gasteiger partial charge in [0.15, 0.2) is 5.82 Å². The highest BCUT2D eigenvalue weighted by atomic mass is 19.4. The molecule has 0 spiro atoms. The molecule has 0 N–H and O–H groups in total. The van der Waals surface area contributed by atoms with Gasteiger partial charge in [0.2, 0.25) is 11.8 Å². The van der Waals surface area contributed by atoms with Gasteiger partial charge in [-0.05, 0) is 25.5 Å². The average molecular weight is 463 g/mol. The fourth-order valence-corrected chi connectivity index (χ4v) is 3.91. The number of nitrogens with zero attached hydrogens (tertiary/aromatic N) is 5. The van der Waals surface area contributed by atoms with Crippen molar-refractivity contribution in [1.29, 1.82) is 0 Å². The van der Waals surface area contributed by atoms with E-state index in [9.17, 15) is 26.7 Å². The summed E-state index contributed by atoms with van der Waals surface area (Å²) in [4.78, 5) is 23.3. The van der Waals surface area contributed by atoms with Crippen LogP contribution in [0.5, 0.6) is 0 Å². The highest BCUT2D eigenvalue weighted by Crippen LogP contribution is 2.41. The van der Waals surface area contributed by atoms with Crippen molar-refractivity contribution in [3.05, 3.63) is 40.2 Å². The smallest absolute Gasteiger partial charge is 0.377 e. The number of aromatic nitrogens is 3. The van der Waals surface area contributed by atoms with Crippen LogP contribution in [-0.4, -0.2) is 53.1 Å². The van der Waals surface area contributed by atoms with Crippen LogP contribution in [0, 0.1) is 5.82 Å². The summed E-state index contributed by atoms with van der Waals surface area (Å²) in [7, 11) is 0. The number of ether oxygens (including phenoxy) is 1. The predicted octanol–water partition coefficient (Wildman–Crippen LogP) is 3.59. The Bertz CT molecular complexity index is 1040. The van der Waals surface area contributed by atoms with Crippen LogP contribution in [0.15, 0.2) is 23.1 Å². The second-order valence-corrected chi connectivity index (χ2v) is 7.58. The van der Waals surface area contributed by atoms with Gasteiger partial charge < -0.3 is 14.5 Å². The highest BCUT2D eigenvalue weighted by molar-refractivity contribution is 5.60. The molecular weight excluding hydrogens is 444 g/mol. The first-order valence-corrected chi connectivity index (χ1v) is 9.84. The van der Waals surface area contributed by atoms with E-state index >= 15 is 4.39 Å².